The number of phenolic OH excluding ortho intramolecular Hbond substituents is 1. The van der Waals surface area contributed by atoms with E-state index in [4.69, 9.17) is 0 Å². The lowest BCUT2D eigenvalue weighted by Crippen LogP contribution is -2.21. The van der Waals surface area contributed by atoms with Gasteiger partial charge in [0.1, 0.15) is 5.75 Å². The molecule has 0 atom stereocenters. The summed E-state index contributed by atoms with van der Waals surface area (Å²) in [7, 11) is -4.65. The second kappa shape index (κ2) is 5.18. The molecule has 0 amide bonds. The van der Waals surface area contributed by atoms with Crippen LogP contribution >= 0.6 is 7.60 Å². The van der Waals surface area contributed by atoms with E-state index < -0.39 is 13.8 Å². The third-order valence-electron chi connectivity index (χ3n) is 3.20. The highest BCUT2D eigenvalue weighted by molar-refractivity contribution is 7.47. The van der Waals surface area contributed by atoms with Crippen molar-refractivity contribution >= 4 is 7.60 Å². The average molecular weight is 298 g/mol. The van der Waals surface area contributed by atoms with E-state index in [0.717, 1.165) is 0 Å². The smallest absolute Gasteiger partial charge is 0.119 e. The topological polar surface area (TPSA) is 83.4 Å². The summed E-state index contributed by atoms with van der Waals surface area (Å²) in [6.07, 6.45) is -0.525. The molecule has 0 saturated carbocycles. The standard InChI is InChI=1S/C15H25O4P/c1-14(2,3)11-8-13(16)12(15(4,5)6)7-10(11)9-20(17,18)19/h7-8,16H,9H2,1-6H3,(H2,17,18,19)/p-2. The van der Waals surface area contributed by atoms with E-state index in [1.807, 2.05) is 41.5 Å². The first-order chi connectivity index (χ1) is 8.72. The molecule has 0 unspecified atom stereocenters. The Morgan fingerprint density at radius 2 is 1.45 bits per heavy atom. The summed E-state index contributed by atoms with van der Waals surface area (Å²) in [5, 5.41) is 10.2. The van der Waals surface area contributed by atoms with E-state index in [-0.39, 0.29) is 16.6 Å². The van der Waals surface area contributed by atoms with Crippen molar-refractivity contribution < 1.29 is 19.5 Å². The Morgan fingerprint density at radius 3 is 1.80 bits per heavy atom. The van der Waals surface area contributed by atoms with Gasteiger partial charge in [-0.05, 0) is 33.6 Å². The minimum Gasteiger partial charge on any atom is -0.810 e. The molecule has 114 valence electrons. The van der Waals surface area contributed by atoms with Crippen LogP contribution in [0.4, 0.5) is 0 Å². The summed E-state index contributed by atoms with van der Waals surface area (Å²) < 4.78 is 11.1. The van der Waals surface area contributed by atoms with Crippen LogP contribution in [0.3, 0.4) is 0 Å². The molecule has 0 aliphatic carbocycles. The highest BCUT2D eigenvalue weighted by atomic mass is 31.2. The van der Waals surface area contributed by atoms with Gasteiger partial charge in [0.15, 0.2) is 0 Å². The predicted molar refractivity (Wildman–Crippen MR) is 76.8 cm³/mol. The zero-order valence-electron chi connectivity index (χ0n) is 13.0. The molecular weight excluding hydrogens is 275 g/mol. The Labute approximate surface area is 121 Å². The first-order valence-electron chi connectivity index (χ1n) is 6.60. The van der Waals surface area contributed by atoms with Gasteiger partial charge in [0.05, 0.1) is 0 Å². The Morgan fingerprint density at radius 1 is 1.00 bits per heavy atom. The highest BCUT2D eigenvalue weighted by Gasteiger charge is 2.25. The minimum atomic E-state index is -4.65. The van der Waals surface area contributed by atoms with Gasteiger partial charge < -0.3 is 19.5 Å². The maximum Gasteiger partial charge on any atom is 0.119 e. The van der Waals surface area contributed by atoms with Gasteiger partial charge in [-0.25, -0.2) is 0 Å². The van der Waals surface area contributed by atoms with Crippen LogP contribution in [0.5, 0.6) is 5.75 Å². The molecule has 0 saturated heterocycles. The lowest BCUT2D eigenvalue weighted by Gasteiger charge is -2.34. The quantitative estimate of drug-likeness (QED) is 0.850. The van der Waals surface area contributed by atoms with Gasteiger partial charge >= 0.3 is 0 Å². The molecule has 1 aromatic rings. The molecule has 0 aromatic heterocycles. The van der Waals surface area contributed by atoms with Gasteiger partial charge in [0, 0.05) is 6.16 Å². The molecule has 0 spiro atoms. The lowest BCUT2D eigenvalue weighted by molar-refractivity contribution is -0.314. The minimum absolute atomic E-state index is 0.137. The van der Waals surface area contributed by atoms with Gasteiger partial charge in [-0.15, -0.1) is 0 Å². The van der Waals surface area contributed by atoms with Crippen LogP contribution in [-0.4, -0.2) is 5.11 Å². The second-order valence-corrected chi connectivity index (χ2v) is 8.83. The summed E-state index contributed by atoms with van der Waals surface area (Å²) in [6.45, 7) is 11.5. The predicted octanol–water partition coefficient (Wildman–Crippen LogP) is 2.40. The van der Waals surface area contributed by atoms with Gasteiger partial charge in [-0.1, -0.05) is 55.2 Å². The Kier molecular flexibility index (Phi) is 4.46. The number of aromatic hydroxyl groups is 1. The third-order valence-corrected chi connectivity index (χ3v) is 3.93. The van der Waals surface area contributed by atoms with Gasteiger partial charge in [-0.3, -0.25) is 0 Å². The Bertz CT molecular complexity index is 544. The number of rotatable bonds is 2. The molecule has 5 heteroatoms. The van der Waals surface area contributed by atoms with E-state index in [1.165, 1.54) is 0 Å². The maximum atomic E-state index is 11.1. The van der Waals surface area contributed by atoms with Gasteiger partial charge in [0.25, 0.3) is 0 Å². The van der Waals surface area contributed by atoms with Crippen molar-refractivity contribution in [2.45, 2.75) is 58.5 Å². The zero-order chi connectivity index (χ0) is 15.9. The molecule has 0 aliphatic heterocycles. The van der Waals surface area contributed by atoms with Crippen LogP contribution in [0.25, 0.3) is 0 Å². The summed E-state index contributed by atoms with van der Waals surface area (Å²) in [5.41, 5.74) is 1.14. The SMILES string of the molecule is CC(C)(C)c1cc(CP(=O)([O-])[O-])c(C(C)(C)C)cc1O. The summed E-state index contributed by atoms with van der Waals surface area (Å²) in [6, 6.07) is 3.24. The summed E-state index contributed by atoms with van der Waals surface area (Å²) in [5.74, 6) is 0.137. The van der Waals surface area contributed by atoms with E-state index in [2.05, 4.69) is 0 Å². The molecule has 1 rings (SSSR count). The summed E-state index contributed by atoms with van der Waals surface area (Å²) >= 11 is 0. The lowest BCUT2D eigenvalue weighted by atomic mass is 9.79. The van der Waals surface area contributed by atoms with Crippen LogP contribution < -0.4 is 9.79 Å². The van der Waals surface area contributed by atoms with Crippen LogP contribution in [0.15, 0.2) is 12.1 Å². The maximum absolute atomic E-state index is 11.1. The fourth-order valence-corrected chi connectivity index (χ4v) is 2.95. The highest BCUT2D eigenvalue weighted by Crippen LogP contribution is 2.41. The van der Waals surface area contributed by atoms with E-state index >= 15 is 0 Å². The molecule has 0 heterocycles. The van der Waals surface area contributed by atoms with Crippen molar-refractivity contribution in [1.82, 2.24) is 0 Å². The van der Waals surface area contributed by atoms with Crippen LogP contribution in [0, 0.1) is 0 Å². The zero-order valence-corrected chi connectivity index (χ0v) is 13.9. The fraction of sp³-hybridized carbons (Fsp3) is 0.600. The van der Waals surface area contributed by atoms with Crippen molar-refractivity contribution in [3.63, 3.8) is 0 Å². The fourth-order valence-electron chi connectivity index (χ4n) is 2.27. The first-order valence-corrected chi connectivity index (χ1v) is 8.32. The van der Waals surface area contributed by atoms with Gasteiger partial charge in [0.2, 0.25) is 0 Å². The molecule has 0 aliphatic rings. The number of benzene rings is 1. The number of hydrogen-bond acceptors (Lipinski definition) is 4. The Hall–Kier alpha value is -0.830. The number of hydrogen-bond donors (Lipinski definition) is 1. The van der Waals surface area contributed by atoms with Crippen molar-refractivity contribution in [2.75, 3.05) is 0 Å². The second-order valence-electron chi connectivity index (χ2n) is 7.30. The molecule has 0 bridgehead atoms. The van der Waals surface area contributed by atoms with E-state index in [0.29, 0.717) is 16.7 Å². The van der Waals surface area contributed by atoms with Crippen LogP contribution in [0.1, 0.15) is 58.2 Å². The average Bonchev–Trinajstić information content (AvgIpc) is 2.14. The van der Waals surface area contributed by atoms with E-state index in [1.54, 1.807) is 12.1 Å². The Balaban J connectivity index is 3.55. The molecule has 1 N–H and O–H groups in total. The largest absolute Gasteiger partial charge is 0.810 e. The number of phenols is 1. The molecular formula is C15H23O4P-2. The molecule has 0 fully saturated rings. The first kappa shape index (κ1) is 17.2. The van der Waals surface area contributed by atoms with Crippen molar-refractivity contribution in [2.24, 2.45) is 0 Å². The molecule has 0 radical (unpaired) electrons. The van der Waals surface area contributed by atoms with Crippen molar-refractivity contribution in [1.29, 1.82) is 0 Å². The third kappa shape index (κ3) is 4.34. The summed E-state index contributed by atoms with van der Waals surface area (Å²) in [4.78, 5) is 22.3. The van der Waals surface area contributed by atoms with Crippen molar-refractivity contribution in [3.05, 3.63) is 28.8 Å². The van der Waals surface area contributed by atoms with Gasteiger partial charge in [-0.2, -0.15) is 0 Å². The molecule has 20 heavy (non-hydrogen) atoms. The molecule has 4 nitrogen and oxygen atoms in total. The van der Waals surface area contributed by atoms with Crippen LogP contribution in [-0.2, 0) is 21.6 Å². The molecule has 1 aromatic carbocycles. The monoisotopic (exact) mass is 298 g/mol. The van der Waals surface area contributed by atoms with E-state index in [9.17, 15) is 19.5 Å². The normalized spacial score (nSPS) is 13.6. The van der Waals surface area contributed by atoms with Crippen molar-refractivity contribution in [3.8, 4) is 5.75 Å². The van der Waals surface area contributed by atoms with Crippen LogP contribution in [0.2, 0.25) is 0 Å².